The summed E-state index contributed by atoms with van der Waals surface area (Å²) in [5, 5.41) is -0.353. The fraction of sp³-hybridized carbons (Fsp3) is 0.233. The number of carbonyl (C=O) groups excluding carboxylic acids is 3. The van der Waals surface area contributed by atoms with Crippen LogP contribution in [0.2, 0.25) is 0 Å². The minimum absolute atomic E-state index is 0.140. The Morgan fingerprint density at radius 3 is 2.51 bits per heavy atom. The van der Waals surface area contributed by atoms with Crippen molar-refractivity contribution in [2.45, 2.75) is 26.7 Å². The average molecular weight is 611 g/mol. The zero-order valence-electron chi connectivity index (χ0n) is 22.0. The molecule has 0 aliphatic carbocycles. The monoisotopic (exact) mass is 609 g/mol. The summed E-state index contributed by atoms with van der Waals surface area (Å²) in [5.41, 5.74) is 3.15. The summed E-state index contributed by atoms with van der Waals surface area (Å²) >= 11 is 4.22. The molecule has 0 radical (unpaired) electrons. The van der Waals surface area contributed by atoms with Crippen LogP contribution < -0.4 is 14.2 Å². The van der Waals surface area contributed by atoms with Gasteiger partial charge < -0.3 is 14.2 Å². The summed E-state index contributed by atoms with van der Waals surface area (Å²) in [5.74, 6) is 0.676. The quantitative estimate of drug-likeness (QED) is 0.144. The summed E-state index contributed by atoms with van der Waals surface area (Å²) in [4.78, 5) is 39.7. The third-order valence-corrected chi connectivity index (χ3v) is 7.62. The van der Waals surface area contributed by atoms with Crippen LogP contribution in [0.5, 0.6) is 17.2 Å². The lowest BCUT2D eigenvalue weighted by atomic mass is 10.0. The lowest BCUT2D eigenvalue weighted by Gasteiger charge is -2.17. The topological polar surface area (TPSA) is 82.1 Å². The predicted molar refractivity (Wildman–Crippen MR) is 156 cm³/mol. The van der Waals surface area contributed by atoms with Crippen molar-refractivity contribution in [1.29, 1.82) is 0 Å². The van der Waals surface area contributed by atoms with Crippen molar-refractivity contribution < 1.29 is 28.6 Å². The second-order valence-electron chi connectivity index (χ2n) is 9.16. The molecular formula is C30H28BrNO6S. The molecule has 3 aromatic rings. The number of amides is 2. The van der Waals surface area contributed by atoms with Crippen molar-refractivity contribution in [3.8, 4) is 17.2 Å². The van der Waals surface area contributed by atoms with Gasteiger partial charge in [0, 0.05) is 4.47 Å². The Bertz CT molecular complexity index is 1450. The van der Waals surface area contributed by atoms with Gasteiger partial charge in [-0.25, -0.2) is 4.79 Å². The number of thioether (sulfide) groups is 1. The van der Waals surface area contributed by atoms with E-state index in [-0.39, 0.29) is 36.0 Å². The van der Waals surface area contributed by atoms with Crippen LogP contribution in [0.4, 0.5) is 4.79 Å². The molecule has 0 N–H and O–H groups in total. The number of imide groups is 1. The first-order chi connectivity index (χ1) is 18.7. The van der Waals surface area contributed by atoms with Crippen LogP contribution in [0.3, 0.4) is 0 Å². The molecule has 202 valence electrons. The van der Waals surface area contributed by atoms with E-state index in [0.29, 0.717) is 26.3 Å². The average Bonchev–Trinajstić information content (AvgIpc) is 3.16. The number of halogens is 1. The maximum Gasteiger partial charge on any atom is 0.344 e. The Kier molecular flexibility index (Phi) is 9.14. The molecule has 1 heterocycles. The highest BCUT2D eigenvalue weighted by Crippen LogP contribution is 2.35. The zero-order valence-corrected chi connectivity index (χ0v) is 24.4. The summed E-state index contributed by atoms with van der Waals surface area (Å²) in [7, 11) is 1.46. The van der Waals surface area contributed by atoms with Crippen molar-refractivity contribution in [2.75, 3.05) is 20.3 Å². The molecule has 0 aromatic heterocycles. The van der Waals surface area contributed by atoms with Crippen molar-refractivity contribution in [1.82, 2.24) is 4.90 Å². The molecule has 4 rings (SSSR count). The molecule has 1 fully saturated rings. The SMILES string of the molecule is COc1cc(/C=C2\SC(=O)N(CCOc3cc(C)ccc3C(C)C)C2=O)ccc1OC(=O)c1ccccc1Br. The molecule has 0 saturated carbocycles. The van der Waals surface area contributed by atoms with Crippen LogP contribution in [0.1, 0.15) is 46.8 Å². The molecule has 9 heteroatoms. The van der Waals surface area contributed by atoms with E-state index in [1.165, 1.54) is 12.0 Å². The van der Waals surface area contributed by atoms with Crippen LogP contribution in [0.25, 0.3) is 6.08 Å². The van der Waals surface area contributed by atoms with Gasteiger partial charge in [-0.1, -0.05) is 44.2 Å². The van der Waals surface area contributed by atoms with E-state index in [1.54, 1.807) is 48.5 Å². The maximum atomic E-state index is 13.0. The van der Waals surface area contributed by atoms with Crippen LogP contribution in [0.15, 0.2) is 70.0 Å². The minimum Gasteiger partial charge on any atom is -0.493 e. The smallest absolute Gasteiger partial charge is 0.344 e. The highest BCUT2D eigenvalue weighted by Gasteiger charge is 2.35. The number of rotatable bonds is 9. The zero-order chi connectivity index (χ0) is 28.1. The van der Waals surface area contributed by atoms with Crippen molar-refractivity contribution in [3.63, 3.8) is 0 Å². The number of hydrogen-bond donors (Lipinski definition) is 0. The number of aryl methyl sites for hydroxylation is 1. The first-order valence-corrected chi connectivity index (χ1v) is 13.9. The van der Waals surface area contributed by atoms with Crippen molar-refractivity contribution in [3.05, 3.63) is 92.3 Å². The molecule has 0 atom stereocenters. The van der Waals surface area contributed by atoms with Gasteiger partial charge in [0.05, 0.1) is 24.1 Å². The molecule has 0 unspecified atom stereocenters. The Labute approximate surface area is 240 Å². The van der Waals surface area contributed by atoms with E-state index in [4.69, 9.17) is 14.2 Å². The fourth-order valence-electron chi connectivity index (χ4n) is 3.97. The molecular weight excluding hydrogens is 582 g/mol. The molecule has 1 saturated heterocycles. The second kappa shape index (κ2) is 12.5. The van der Waals surface area contributed by atoms with E-state index >= 15 is 0 Å². The van der Waals surface area contributed by atoms with E-state index in [2.05, 4.69) is 29.8 Å². The number of carbonyl (C=O) groups is 3. The minimum atomic E-state index is -0.539. The predicted octanol–water partition coefficient (Wildman–Crippen LogP) is 7.22. The first-order valence-electron chi connectivity index (χ1n) is 12.3. The highest BCUT2D eigenvalue weighted by atomic mass is 79.9. The normalized spacial score (nSPS) is 14.3. The third kappa shape index (κ3) is 6.72. The van der Waals surface area contributed by atoms with Gasteiger partial charge in [0.1, 0.15) is 12.4 Å². The van der Waals surface area contributed by atoms with E-state index in [0.717, 1.165) is 28.6 Å². The van der Waals surface area contributed by atoms with Crippen LogP contribution >= 0.6 is 27.7 Å². The largest absolute Gasteiger partial charge is 0.493 e. The van der Waals surface area contributed by atoms with E-state index < -0.39 is 5.97 Å². The van der Waals surface area contributed by atoms with Gasteiger partial charge in [-0.3, -0.25) is 14.5 Å². The molecule has 3 aromatic carbocycles. The highest BCUT2D eigenvalue weighted by molar-refractivity contribution is 9.10. The number of benzene rings is 3. The van der Waals surface area contributed by atoms with Crippen LogP contribution in [-0.4, -0.2) is 42.3 Å². The number of hydrogen-bond acceptors (Lipinski definition) is 7. The second-order valence-corrected chi connectivity index (χ2v) is 11.0. The summed E-state index contributed by atoms with van der Waals surface area (Å²) in [6.45, 7) is 6.51. The van der Waals surface area contributed by atoms with Crippen molar-refractivity contribution in [2.24, 2.45) is 0 Å². The molecule has 2 amide bonds. The van der Waals surface area contributed by atoms with Crippen LogP contribution in [0, 0.1) is 6.92 Å². The molecule has 0 bridgehead atoms. The summed E-state index contributed by atoms with van der Waals surface area (Å²) in [6.07, 6.45) is 1.62. The molecule has 1 aliphatic heterocycles. The Balaban J connectivity index is 1.44. The van der Waals surface area contributed by atoms with Crippen molar-refractivity contribution >= 4 is 50.9 Å². The Morgan fingerprint density at radius 2 is 1.79 bits per heavy atom. The standard InChI is InChI=1S/C30H28BrNO6S/c1-18(2)21-11-9-19(3)15-25(21)37-14-13-32-28(33)27(39-30(32)35)17-20-10-12-24(26(16-20)36-4)38-29(34)22-7-5-6-8-23(22)31/h5-12,15-18H,13-14H2,1-4H3/b27-17-. The van der Waals surface area contributed by atoms with E-state index in [9.17, 15) is 14.4 Å². The van der Waals surface area contributed by atoms with Gasteiger partial charge in [-0.2, -0.15) is 0 Å². The molecule has 39 heavy (non-hydrogen) atoms. The van der Waals surface area contributed by atoms with Gasteiger partial charge in [0.2, 0.25) is 0 Å². The molecule has 7 nitrogen and oxygen atoms in total. The van der Waals surface area contributed by atoms with Gasteiger partial charge in [-0.05, 0) is 93.6 Å². The molecule has 0 spiro atoms. The number of ether oxygens (including phenoxy) is 3. The number of nitrogens with zero attached hydrogens (tertiary/aromatic N) is 1. The van der Waals surface area contributed by atoms with E-state index in [1.807, 2.05) is 25.1 Å². The lowest BCUT2D eigenvalue weighted by Crippen LogP contribution is -2.32. The maximum absolute atomic E-state index is 13.0. The summed E-state index contributed by atoms with van der Waals surface area (Å²) in [6, 6.07) is 17.9. The van der Waals surface area contributed by atoms with Gasteiger partial charge in [0.15, 0.2) is 11.5 Å². The third-order valence-electron chi connectivity index (χ3n) is 6.02. The van der Waals surface area contributed by atoms with Crippen LogP contribution in [-0.2, 0) is 4.79 Å². The first kappa shape index (κ1) is 28.4. The van der Waals surface area contributed by atoms with Gasteiger partial charge >= 0.3 is 5.97 Å². The number of methoxy groups -OCH3 is 1. The van der Waals surface area contributed by atoms with Gasteiger partial charge in [-0.15, -0.1) is 0 Å². The fourth-order valence-corrected chi connectivity index (χ4v) is 5.29. The number of esters is 1. The Hall–Kier alpha value is -3.56. The summed E-state index contributed by atoms with van der Waals surface area (Å²) < 4.78 is 17.5. The Morgan fingerprint density at radius 1 is 1.03 bits per heavy atom. The molecule has 1 aliphatic rings. The van der Waals surface area contributed by atoms with Gasteiger partial charge in [0.25, 0.3) is 11.1 Å². The lowest BCUT2D eigenvalue weighted by molar-refractivity contribution is -0.123.